The van der Waals surface area contributed by atoms with Gasteiger partial charge in [-0.05, 0) is 39.0 Å². The van der Waals surface area contributed by atoms with Crippen LogP contribution in [0, 0.1) is 20.8 Å². The Bertz CT molecular complexity index is 574. The third-order valence-corrected chi connectivity index (χ3v) is 2.55. The van der Waals surface area contributed by atoms with Crippen LogP contribution >= 0.6 is 0 Å². The number of hydrogen-bond donors (Lipinski definition) is 1. The number of pyridine rings is 1. The quantitative estimate of drug-likeness (QED) is 0.896. The van der Waals surface area contributed by atoms with Gasteiger partial charge in [0.25, 0.3) is 0 Å². The van der Waals surface area contributed by atoms with Gasteiger partial charge in [-0.25, -0.2) is 4.98 Å². The maximum atomic E-state index is 11.8. The van der Waals surface area contributed by atoms with E-state index in [1.807, 2.05) is 39.0 Å². The molecule has 5 heteroatoms. The predicted octanol–water partition coefficient (Wildman–Crippen LogP) is 1.84. The lowest BCUT2D eigenvalue weighted by Gasteiger charge is -2.06. The standard InChI is InChI=1S/C13H16N4O/c1-9-5-4-6-12(14-9)15-13(18)8-17-11(3)7-10(2)16-17/h4-7H,8H2,1-3H3,(H,14,15,18). The summed E-state index contributed by atoms with van der Waals surface area (Å²) < 4.78 is 1.68. The fraction of sp³-hybridized carbons (Fsp3) is 0.308. The summed E-state index contributed by atoms with van der Waals surface area (Å²) in [5, 5.41) is 7.00. The van der Waals surface area contributed by atoms with Crippen LogP contribution in [0.3, 0.4) is 0 Å². The first kappa shape index (κ1) is 12.3. The minimum atomic E-state index is -0.126. The molecule has 0 bridgehead atoms. The summed E-state index contributed by atoms with van der Waals surface area (Å²) in [5.74, 6) is 0.445. The summed E-state index contributed by atoms with van der Waals surface area (Å²) in [5.41, 5.74) is 2.76. The van der Waals surface area contributed by atoms with E-state index in [4.69, 9.17) is 0 Å². The lowest BCUT2D eigenvalue weighted by atomic mass is 10.3. The largest absolute Gasteiger partial charge is 0.309 e. The van der Waals surface area contributed by atoms with Crippen LogP contribution in [0.15, 0.2) is 24.3 Å². The van der Waals surface area contributed by atoms with Gasteiger partial charge in [-0.15, -0.1) is 0 Å². The molecule has 0 aliphatic carbocycles. The van der Waals surface area contributed by atoms with E-state index in [0.29, 0.717) is 5.82 Å². The molecule has 5 nitrogen and oxygen atoms in total. The number of rotatable bonds is 3. The smallest absolute Gasteiger partial charge is 0.247 e. The summed E-state index contributed by atoms with van der Waals surface area (Å²) in [7, 11) is 0. The van der Waals surface area contributed by atoms with E-state index in [0.717, 1.165) is 17.1 Å². The fourth-order valence-corrected chi connectivity index (χ4v) is 1.77. The molecule has 0 aliphatic rings. The van der Waals surface area contributed by atoms with Crippen LogP contribution in [0.25, 0.3) is 0 Å². The van der Waals surface area contributed by atoms with Crippen LogP contribution in [0.5, 0.6) is 0 Å². The van der Waals surface area contributed by atoms with Crippen LogP contribution in [-0.4, -0.2) is 20.7 Å². The first-order valence-corrected chi connectivity index (χ1v) is 5.79. The molecular weight excluding hydrogens is 228 g/mol. The maximum absolute atomic E-state index is 11.8. The summed E-state index contributed by atoms with van der Waals surface area (Å²) in [6.45, 7) is 5.92. The number of amides is 1. The molecule has 0 radical (unpaired) electrons. The second kappa shape index (κ2) is 5.00. The average molecular weight is 244 g/mol. The zero-order chi connectivity index (χ0) is 13.1. The lowest BCUT2D eigenvalue weighted by molar-refractivity contribution is -0.117. The Morgan fingerprint density at radius 3 is 2.67 bits per heavy atom. The van der Waals surface area contributed by atoms with Gasteiger partial charge in [-0.1, -0.05) is 6.07 Å². The van der Waals surface area contributed by atoms with Gasteiger partial charge in [-0.2, -0.15) is 5.10 Å². The van der Waals surface area contributed by atoms with Gasteiger partial charge < -0.3 is 5.32 Å². The Morgan fingerprint density at radius 1 is 1.28 bits per heavy atom. The zero-order valence-electron chi connectivity index (χ0n) is 10.8. The van der Waals surface area contributed by atoms with Crippen molar-refractivity contribution in [2.75, 3.05) is 5.32 Å². The van der Waals surface area contributed by atoms with E-state index in [-0.39, 0.29) is 12.5 Å². The number of nitrogens with one attached hydrogen (secondary N) is 1. The van der Waals surface area contributed by atoms with Gasteiger partial charge in [-0.3, -0.25) is 9.48 Å². The minimum Gasteiger partial charge on any atom is -0.309 e. The summed E-state index contributed by atoms with van der Waals surface area (Å²) in [6.07, 6.45) is 0. The summed E-state index contributed by atoms with van der Waals surface area (Å²) >= 11 is 0. The van der Waals surface area contributed by atoms with Gasteiger partial charge >= 0.3 is 0 Å². The van der Waals surface area contributed by atoms with E-state index in [1.165, 1.54) is 0 Å². The Balaban J connectivity index is 2.03. The fourth-order valence-electron chi connectivity index (χ4n) is 1.77. The van der Waals surface area contributed by atoms with Crippen LogP contribution in [0.4, 0.5) is 5.82 Å². The molecule has 0 fully saturated rings. The molecule has 0 atom stereocenters. The predicted molar refractivity (Wildman–Crippen MR) is 69.3 cm³/mol. The Morgan fingerprint density at radius 2 is 2.06 bits per heavy atom. The molecule has 2 aromatic heterocycles. The van der Waals surface area contributed by atoms with Crippen LogP contribution in [0.2, 0.25) is 0 Å². The molecule has 94 valence electrons. The number of carbonyl (C=O) groups is 1. The van der Waals surface area contributed by atoms with E-state index in [2.05, 4.69) is 15.4 Å². The number of nitrogens with zero attached hydrogens (tertiary/aromatic N) is 3. The number of aromatic nitrogens is 3. The van der Waals surface area contributed by atoms with Crippen molar-refractivity contribution in [3.05, 3.63) is 41.3 Å². The Kier molecular flexibility index (Phi) is 3.41. The monoisotopic (exact) mass is 244 g/mol. The molecule has 0 aromatic carbocycles. The molecule has 0 saturated carbocycles. The Hall–Kier alpha value is -2.17. The van der Waals surface area contributed by atoms with Crippen molar-refractivity contribution < 1.29 is 4.79 Å². The van der Waals surface area contributed by atoms with Crippen LogP contribution in [-0.2, 0) is 11.3 Å². The third kappa shape index (κ3) is 2.94. The molecule has 2 heterocycles. The van der Waals surface area contributed by atoms with Gasteiger partial charge in [0.1, 0.15) is 12.4 Å². The number of aryl methyl sites for hydroxylation is 3. The van der Waals surface area contributed by atoms with Crippen molar-refractivity contribution in [2.24, 2.45) is 0 Å². The molecule has 0 aliphatic heterocycles. The zero-order valence-corrected chi connectivity index (χ0v) is 10.8. The SMILES string of the molecule is Cc1cccc(NC(=O)Cn2nc(C)cc2C)n1. The highest BCUT2D eigenvalue weighted by Gasteiger charge is 2.07. The highest BCUT2D eigenvalue weighted by atomic mass is 16.2. The summed E-state index contributed by atoms with van der Waals surface area (Å²) in [6, 6.07) is 7.46. The lowest BCUT2D eigenvalue weighted by Crippen LogP contribution is -2.20. The average Bonchev–Trinajstić information content (AvgIpc) is 2.57. The van der Waals surface area contributed by atoms with Crippen molar-refractivity contribution in [1.29, 1.82) is 0 Å². The first-order valence-electron chi connectivity index (χ1n) is 5.79. The van der Waals surface area contributed by atoms with Crippen LogP contribution in [0.1, 0.15) is 17.1 Å². The highest BCUT2D eigenvalue weighted by molar-refractivity contribution is 5.89. The van der Waals surface area contributed by atoms with Gasteiger partial charge in [0, 0.05) is 11.4 Å². The minimum absolute atomic E-state index is 0.126. The summed E-state index contributed by atoms with van der Waals surface area (Å²) in [4.78, 5) is 16.1. The van der Waals surface area contributed by atoms with Crippen molar-refractivity contribution >= 4 is 11.7 Å². The topological polar surface area (TPSA) is 59.8 Å². The van der Waals surface area contributed by atoms with E-state index >= 15 is 0 Å². The molecule has 2 rings (SSSR count). The van der Waals surface area contributed by atoms with Crippen molar-refractivity contribution in [3.63, 3.8) is 0 Å². The third-order valence-electron chi connectivity index (χ3n) is 2.55. The van der Waals surface area contributed by atoms with Gasteiger partial charge in [0.15, 0.2) is 0 Å². The molecule has 0 spiro atoms. The van der Waals surface area contributed by atoms with Gasteiger partial charge in [0.2, 0.25) is 5.91 Å². The molecular formula is C13H16N4O. The Labute approximate surface area is 106 Å². The van der Waals surface area contributed by atoms with E-state index < -0.39 is 0 Å². The van der Waals surface area contributed by atoms with Crippen LogP contribution < -0.4 is 5.32 Å². The second-order valence-electron chi connectivity index (χ2n) is 4.30. The molecule has 1 N–H and O–H groups in total. The second-order valence-corrected chi connectivity index (χ2v) is 4.30. The van der Waals surface area contributed by atoms with Crippen molar-refractivity contribution in [1.82, 2.24) is 14.8 Å². The molecule has 2 aromatic rings. The van der Waals surface area contributed by atoms with E-state index in [9.17, 15) is 4.79 Å². The maximum Gasteiger partial charge on any atom is 0.247 e. The normalized spacial score (nSPS) is 10.4. The molecule has 18 heavy (non-hydrogen) atoms. The number of anilines is 1. The molecule has 0 unspecified atom stereocenters. The van der Waals surface area contributed by atoms with E-state index in [1.54, 1.807) is 10.7 Å². The first-order chi connectivity index (χ1) is 8.54. The number of carbonyl (C=O) groups excluding carboxylic acids is 1. The van der Waals surface area contributed by atoms with Crippen molar-refractivity contribution in [3.8, 4) is 0 Å². The van der Waals surface area contributed by atoms with Crippen molar-refractivity contribution in [2.45, 2.75) is 27.3 Å². The number of hydrogen-bond acceptors (Lipinski definition) is 3. The highest BCUT2D eigenvalue weighted by Crippen LogP contribution is 2.05. The molecule has 1 amide bonds. The van der Waals surface area contributed by atoms with Gasteiger partial charge in [0.05, 0.1) is 5.69 Å². The molecule has 0 saturated heterocycles.